The first-order valence-electron chi connectivity index (χ1n) is 6.74. The third kappa shape index (κ3) is 2.87. The Hall–Kier alpha value is -1.65. The van der Waals surface area contributed by atoms with E-state index in [2.05, 4.69) is 43.1 Å². The van der Waals surface area contributed by atoms with Crippen LogP contribution in [0.4, 0.5) is 0 Å². The van der Waals surface area contributed by atoms with Crippen LogP contribution < -0.4 is 0 Å². The molecule has 1 aromatic carbocycles. The molecule has 0 saturated heterocycles. The molecule has 0 aliphatic carbocycles. The number of aryl methyl sites for hydroxylation is 2. The fraction of sp³-hybridized carbons (Fsp3) is 0.250. The Kier molecular flexibility index (Phi) is 3.83. The maximum atomic E-state index is 6.03. The minimum absolute atomic E-state index is 0.650. The first-order chi connectivity index (χ1) is 10.0. The zero-order chi connectivity index (χ0) is 15.0. The Morgan fingerprint density at radius 1 is 1.19 bits per heavy atom. The number of hydrogen-bond acceptors (Lipinski definition) is 3. The topological polar surface area (TPSA) is 30.7 Å². The molecule has 0 fully saturated rings. The van der Waals surface area contributed by atoms with Gasteiger partial charge in [0.05, 0.1) is 18.3 Å². The van der Waals surface area contributed by atoms with Gasteiger partial charge in [-0.05, 0) is 13.8 Å². The number of nitrogens with zero attached hydrogens (tertiary/aromatic N) is 3. The van der Waals surface area contributed by atoms with Crippen molar-refractivity contribution >= 4 is 22.9 Å². The van der Waals surface area contributed by atoms with Crippen LogP contribution in [0.5, 0.6) is 0 Å². The molecular weight excluding hydrogens is 302 g/mol. The second-order valence-electron chi connectivity index (χ2n) is 5.11. The van der Waals surface area contributed by atoms with Crippen LogP contribution in [0.1, 0.15) is 21.3 Å². The monoisotopic (exact) mass is 317 g/mol. The van der Waals surface area contributed by atoms with E-state index < -0.39 is 0 Å². The summed E-state index contributed by atoms with van der Waals surface area (Å²) in [6, 6.07) is 8.48. The zero-order valence-corrected chi connectivity index (χ0v) is 13.8. The fourth-order valence-corrected chi connectivity index (χ4v) is 3.33. The summed E-state index contributed by atoms with van der Waals surface area (Å²) in [4.78, 5) is 10.3. The van der Waals surface area contributed by atoms with Crippen LogP contribution in [0.25, 0.3) is 11.3 Å². The highest BCUT2D eigenvalue weighted by molar-refractivity contribution is 7.12. The molecule has 2 aromatic heterocycles. The summed E-state index contributed by atoms with van der Waals surface area (Å²) in [5, 5.41) is 1.71. The molecule has 0 aliphatic heterocycles. The molecule has 0 N–H and O–H groups in total. The third-order valence-corrected chi connectivity index (χ3v) is 4.82. The SMILES string of the molecule is Cc1ccc(-c2nc(Cc3ncc(Cl)n3C)sc2C)cc1. The van der Waals surface area contributed by atoms with Crippen molar-refractivity contribution in [3.05, 3.63) is 56.9 Å². The average Bonchev–Trinajstić information content (AvgIpc) is 2.97. The van der Waals surface area contributed by atoms with Crippen molar-refractivity contribution in [2.75, 3.05) is 0 Å². The number of thiazole rings is 1. The Morgan fingerprint density at radius 2 is 1.90 bits per heavy atom. The Morgan fingerprint density at radius 3 is 2.52 bits per heavy atom. The van der Waals surface area contributed by atoms with Crippen molar-refractivity contribution in [3.63, 3.8) is 0 Å². The lowest BCUT2D eigenvalue weighted by Crippen LogP contribution is -1.99. The zero-order valence-electron chi connectivity index (χ0n) is 12.2. The van der Waals surface area contributed by atoms with Crippen LogP contribution in [0.15, 0.2) is 30.5 Å². The lowest BCUT2D eigenvalue weighted by molar-refractivity contribution is 0.820. The molecule has 0 amide bonds. The summed E-state index contributed by atoms with van der Waals surface area (Å²) in [5.74, 6) is 0.934. The van der Waals surface area contributed by atoms with Gasteiger partial charge in [-0.15, -0.1) is 11.3 Å². The van der Waals surface area contributed by atoms with Gasteiger partial charge >= 0.3 is 0 Å². The van der Waals surface area contributed by atoms with Crippen LogP contribution in [0, 0.1) is 13.8 Å². The fourth-order valence-electron chi connectivity index (χ4n) is 2.23. The summed E-state index contributed by atoms with van der Waals surface area (Å²) in [6.07, 6.45) is 2.39. The Labute approximate surface area is 133 Å². The van der Waals surface area contributed by atoms with Crippen molar-refractivity contribution in [3.8, 4) is 11.3 Å². The van der Waals surface area contributed by atoms with E-state index in [4.69, 9.17) is 16.6 Å². The van der Waals surface area contributed by atoms with Gasteiger partial charge in [0.1, 0.15) is 16.0 Å². The van der Waals surface area contributed by atoms with E-state index in [0.29, 0.717) is 11.6 Å². The van der Waals surface area contributed by atoms with Crippen LogP contribution >= 0.6 is 22.9 Å². The molecule has 5 heteroatoms. The summed E-state index contributed by atoms with van der Waals surface area (Å²) < 4.78 is 1.89. The molecule has 0 spiro atoms. The van der Waals surface area contributed by atoms with Gasteiger partial charge in [0.2, 0.25) is 0 Å². The Bertz CT molecular complexity index is 771. The third-order valence-electron chi connectivity index (χ3n) is 3.50. The minimum Gasteiger partial charge on any atom is -0.322 e. The standard InChI is InChI=1S/C16H16ClN3S/c1-10-4-6-12(7-5-10)16-11(2)21-15(19-16)8-14-18-9-13(17)20(14)3/h4-7,9H,8H2,1-3H3. The number of halogens is 1. The van der Waals surface area contributed by atoms with E-state index in [1.807, 2.05) is 11.6 Å². The van der Waals surface area contributed by atoms with E-state index in [1.54, 1.807) is 17.5 Å². The number of rotatable bonds is 3. The molecule has 3 nitrogen and oxygen atoms in total. The quantitative estimate of drug-likeness (QED) is 0.716. The predicted molar refractivity (Wildman–Crippen MR) is 88.0 cm³/mol. The molecule has 3 aromatic rings. The van der Waals surface area contributed by atoms with Gasteiger partial charge in [-0.3, -0.25) is 0 Å². The van der Waals surface area contributed by atoms with Crippen molar-refractivity contribution in [1.82, 2.24) is 14.5 Å². The molecule has 0 unspecified atom stereocenters. The molecule has 21 heavy (non-hydrogen) atoms. The van der Waals surface area contributed by atoms with Gasteiger partial charge in [-0.25, -0.2) is 9.97 Å². The minimum atomic E-state index is 0.650. The van der Waals surface area contributed by atoms with E-state index >= 15 is 0 Å². The predicted octanol–water partition coefficient (Wildman–Crippen LogP) is 4.40. The highest BCUT2D eigenvalue weighted by Crippen LogP contribution is 2.29. The van der Waals surface area contributed by atoms with Crippen LogP contribution in [0.2, 0.25) is 5.15 Å². The van der Waals surface area contributed by atoms with Crippen LogP contribution in [0.3, 0.4) is 0 Å². The Balaban J connectivity index is 1.91. The summed E-state index contributed by atoms with van der Waals surface area (Å²) in [6.45, 7) is 4.20. The lowest BCUT2D eigenvalue weighted by Gasteiger charge is -2.00. The normalized spacial score (nSPS) is 11.0. The van der Waals surface area contributed by atoms with Crippen molar-refractivity contribution in [2.45, 2.75) is 20.3 Å². The van der Waals surface area contributed by atoms with Crippen molar-refractivity contribution in [2.24, 2.45) is 7.05 Å². The van der Waals surface area contributed by atoms with Gasteiger partial charge in [0, 0.05) is 17.5 Å². The maximum Gasteiger partial charge on any atom is 0.128 e. The number of imidazole rings is 1. The summed E-state index contributed by atoms with van der Waals surface area (Å²) in [5.41, 5.74) is 3.49. The molecule has 0 radical (unpaired) electrons. The number of hydrogen-bond donors (Lipinski definition) is 0. The van der Waals surface area contributed by atoms with Crippen LogP contribution in [-0.2, 0) is 13.5 Å². The van der Waals surface area contributed by atoms with Crippen molar-refractivity contribution in [1.29, 1.82) is 0 Å². The first kappa shape index (κ1) is 14.3. The van der Waals surface area contributed by atoms with Gasteiger partial charge in [-0.2, -0.15) is 0 Å². The van der Waals surface area contributed by atoms with Gasteiger partial charge in [-0.1, -0.05) is 41.4 Å². The first-order valence-corrected chi connectivity index (χ1v) is 7.93. The second kappa shape index (κ2) is 5.62. The molecule has 0 aliphatic rings. The smallest absolute Gasteiger partial charge is 0.128 e. The largest absolute Gasteiger partial charge is 0.322 e. The number of benzene rings is 1. The molecule has 108 valence electrons. The van der Waals surface area contributed by atoms with Crippen LogP contribution in [-0.4, -0.2) is 14.5 Å². The van der Waals surface area contributed by atoms with E-state index in [0.717, 1.165) is 16.5 Å². The molecule has 0 bridgehead atoms. The highest BCUT2D eigenvalue weighted by atomic mass is 35.5. The molecule has 0 atom stereocenters. The van der Waals surface area contributed by atoms with Gasteiger partial charge < -0.3 is 4.57 Å². The average molecular weight is 318 g/mol. The summed E-state index contributed by atoms with van der Waals surface area (Å²) in [7, 11) is 1.92. The molecular formula is C16H16ClN3S. The van der Waals surface area contributed by atoms with E-state index in [1.165, 1.54) is 16.0 Å². The van der Waals surface area contributed by atoms with Gasteiger partial charge in [0.25, 0.3) is 0 Å². The molecule has 3 rings (SSSR count). The van der Waals surface area contributed by atoms with Gasteiger partial charge in [0.15, 0.2) is 0 Å². The molecule has 0 saturated carbocycles. The second-order valence-corrected chi connectivity index (χ2v) is 6.79. The lowest BCUT2D eigenvalue weighted by atomic mass is 10.1. The maximum absolute atomic E-state index is 6.03. The van der Waals surface area contributed by atoms with E-state index in [9.17, 15) is 0 Å². The highest BCUT2D eigenvalue weighted by Gasteiger charge is 2.13. The van der Waals surface area contributed by atoms with E-state index in [-0.39, 0.29) is 0 Å². The molecule has 2 heterocycles. The summed E-state index contributed by atoms with van der Waals surface area (Å²) >= 11 is 7.74. The van der Waals surface area contributed by atoms with Crippen molar-refractivity contribution < 1.29 is 0 Å². The number of aromatic nitrogens is 3.